The van der Waals surface area contributed by atoms with Crippen molar-refractivity contribution >= 4 is 35.2 Å². The number of hydrogen-bond acceptors (Lipinski definition) is 7. The van der Waals surface area contributed by atoms with Crippen molar-refractivity contribution in [3.63, 3.8) is 0 Å². The lowest BCUT2D eigenvalue weighted by Gasteiger charge is -2.18. The van der Waals surface area contributed by atoms with E-state index in [1.807, 2.05) is 0 Å². The van der Waals surface area contributed by atoms with Crippen LogP contribution in [0.3, 0.4) is 0 Å². The Morgan fingerprint density at radius 3 is 2.20 bits per heavy atom. The molecule has 1 aliphatic carbocycles. The molecule has 0 saturated heterocycles. The van der Waals surface area contributed by atoms with Gasteiger partial charge in [-0.15, -0.1) is 0 Å². The van der Waals surface area contributed by atoms with Crippen LogP contribution in [0, 0.1) is 0 Å². The SMILES string of the molecule is COc1ccc(OC)c(/C=C/C(=O)OCC(=O)Nc2ccc3c(c2)C(=O)c2ccccc2C3=O)c1. The summed E-state index contributed by atoms with van der Waals surface area (Å²) in [5, 5.41) is 2.57. The highest BCUT2D eigenvalue weighted by Gasteiger charge is 2.29. The third kappa shape index (κ3) is 4.96. The summed E-state index contributed by atoms with van der Waals surface area (Å²) in [4.78, 5) is 49.9. The van der Waals surface area contributed by atoms with Gasteiger partial charge in [0.1, 0.15) is 11.5 Å². The van der Waals surface area contributed by atoms with E-state index in [-0.39, 0.29) is 22.7 Å². The first-order valence-electron chi connectivity index (χ1n) is 10.6. The number of amides is 1. The molecule has 176 valence electrons. The molecule has 0 spiro atoms. The maximum Gasteiger partial charge on any atom is 0.331 e. The third-order valence-electron chi connectivity index (χ3n) is 5.39. The Balaban J connectivity index is 1.38. The van der Waals surface area contributed by atoms with Crippen LogP contribution < -0.4 is 14.8 Å². The van der Waals surface area contributed by atoms with Gasteiger partial charge in [0, 0.05) is 39.6 Å². The van der Waals surface area contributed by atoms with E-state index in [9.17, 15) is 19.2 Å². The van der Waals surface area contributed by atoms with Crippen molar-refractivity contribution in [2.45, 2.75) is 0 Å². The number of nitrogens with one attached hydrogen (secondary N) is 1. The first-order chi connectivity index (χ1) is 16.9. The Bertz CT molecular complexity index is 1370. The Morgan fingerprint density at radius 1 is 0.829 bits per heavy atom. The van der Waals surface area contributed by atoms with Crippen molar-refractivity contribution in [2.75, 3.05) is 26.1 Å². The van der Waals surface area contributed by atoms with Gasteiger partial charge in [-0.1, -0.05) is 24.3 Å². The van der Waals surface area contributed by atoms with Gasteiger partial charge in [-0.05, 0) is 42.5 Å². The molecule has 35 heavy (non-hydrogen) atoms. The zero-order valence-electron chi connectivity index (χ0n) is 19.0. The minimum Gasteiger partial charge on any atom is -0.497 e. The molecule has 8 nitrogen and oxygen atoms in total. The van der Waals surface area contributed by atoms with Crippen molar-refractivity contribution in [3.8, 4) is 11.5 Å². The van der Waals surface area contributed by atoms with Crippen molar-refractivity contribution in [1.29, 1.82) is 0 Å². The normalized spacial score (nSPS) is 12.1. The minimum absolute atomic E-state index is 0.207. The number of benzene rings is 3. The molecule has 0 bridgehead atoms. The van der Waals surface area contributed by atoms with Crippen LogP contribution in [-0.4, -0.2) is 44.3 Å². The fraction of sp³-hybridized carbons (Fsp3) is 0.111. The van der Waals surface area contributed by atoms with Crippen molar-refractivity contribution < 1.29 is 33.4 Å². The number of carbonyl (C=O) groups excluding carboxylic acids is 4. The van der Waals surface area contributed by atoms with Crippen molar-refractivity contribution in [2.24, 2.45) is 0 Å². The summed E-state index contributed by atoms with van der Waals surface area (Å²) >= 11 is 0. The van der Waals surface area contributed by atoms with Gasteiger partial charge in [0.15, 0.2) is 18.2 Å². The third-order valence-corrected chi connectivity index (χ3v) is 5.39. The standard InChI is InChI=1S/C27H21NO7/c1-33-18-9-11-23(34-2)16(13-18)7-12-25(30)35-15-24(29)28-17-8-10-21-22(14-17)27(32)20-6-4-3-5-19(20)26(21)31/h3-14H,15H2,1-2H3,(H,28,29)/b12-7+. The van der Waals surface area contributed by atoms with Crippen LogP contribution >= 0.6 is 0 Å². The van der Waals surface area contributed by atoms with E-state index in [4.69, 9.17) is 14.2 Å². The molecule has 1 amide bonds. The van der Waals surface area contributed by atoms with Crippen molar-refractivity contribution in [1.82, 2.24) is 0 Å². The van der Waals surface area contributed by atoms with Crippen LogP contribution in [0.2, 0.25) is 0 Å². The van der Waals surface area contributed by atoms with E-state index < -0.39 is 18.5 Å². The molecule has 1 aliphatic rings. The number of anilines is 1. The summed E-state index contributed by atoms with van der Waals surface area (Å²) in [5.41, 5.74) is 2.06. The number of ether oxygens (including phenoxy) is 3. The molecule has 3 aromatic rings. The highest BCUT2D eigenvalue weighted by Crippen LogP contribution is 2.29. The molecule has 0 unspecified atom stereocenters. The quantitative estimate of drug-likeness (QED) is 0.324. The Kier molecular flexibility index (Phi) is 6.73. The lowest BCUT2D eigenvalue weighted by atomic mass is 9.84. The summed E-state index contributed by atoms with van der Waals surface area (Å²) in [6, 6.07) is 16.2. The summed E-state index contributed by atoms with van der Waals surface area (Å²) in [6.45, 7) is -0.536. The molecule has 0 heterocycles. The topological polar surface area (TPSA) is 108 Å². The van der Waals surface area contributed by atoms with Gasteiger partial charge in [-0.3, -0.25) is 14.4 Å². The fourth-order valence-corrected chi connectivity index (χ4v) is 3.69. The zero-order chi connectivity index (χ0) is 24.9. The maximum atomic E-state index is 12.8. The molecule has 0 aromatic heterocycles. The van der Waals surface area contributed by atoms with Gasteiger partial charge in [0.2, 0.25) is 0 Å². The van der Waals surface area contributed by atoms with E-state index in [0.29, 0.717) is 33.9 Å². The lowest BCUT2D eigenvalue weighted by Crippen LogP contribution is -2.23. The van der Waals surface area contributed by atoms with Crippen LogP contribution in [0.15, 0.2) is 66.7 Å². The molecule has 0 fully saturated rings. The number of ketones is 2. The fourth-order valence-electron chi connectivity index (χ4n) is 3.69. The zero-order valence-corrected chi connectivity index (χ0v) is 19.0. The predicted molar refractivity (Wildman–Crippen MR) is 128 cm³/mol. The average Bonchev–Trinajstić information content (AvgIpc) is 2.89. The number of methoxy groups -OCH3 is 2. The van der Waals surface area contributed by atoms with Gasteiger partial charge in [-0.2, -0.15) is 0 Å². The Hall–Kier alpha value is -4.72. The molecule has 0 atom stereocenters. The van der Waals surface area contributed by atoms with E-state index in [0.717, 1.165) is 0 Å². The minimum atomic E-state index is -0.729. The first kappa shape index (κ1) is 23.4. The monoisotopic (exact) mass is 471 g/mol. The molecule has 4 rings (SSSR count). The molecular weight excluding hydrogens is 450 g/mol. The lowest BCUT2D eigenvalue weighted by molar-refractivity contribution is -0.142. The smallest absolute Gasteiger partial charge is 0.331 e. The van der Waals surface area contributed by atoms with E-state index in [1.165, 1.54) is 44.6 Å². The number of esters is 1. The summed E-state index contributed by atoms with van der Waals surface area (Å²) in [5.74, 6) is -0.742. The molecule has 0 aliphatic heterocycles. The number of fused-ring (bicyclic) bond motifs is 2. The van der Waals surface area contributed by atoms with Gasteiger partial charge in [-0.25, -0.2) is 4.79 Å². The molecule has 0 saturated carbocycles. The second-order valence-electron chi connectivity index (χ2n) is 7.56. The van der Waals surface area contributed by atoms with E-state index in [2.05, 4.69) is 5.32 Å². The average molecular weight is 471 g/mol. The summed E-state index contributed by atoms with van der Waals surface area (Å²) in [6.07, 6.45) is 2.66. The van der Waals surface area contributed by atoms with Gasteiger partial charge >= 0.3 is 5.97 Å². The summed E-state index contributed by atoms with van der Waals surface area (Å²) < 4.78 is 15.4. The van der Waals surface area contributed by atoms with E-state index in [1.54, 1.807) is 42.5 Å². The number of carbonyl (C=O) groups is 4. The van der Waals surface area contributed by atoms with Crippen LogP contribution in [0.25, 0.3) is 6.08 Å². The van der Waals surface area contributed by atoms with Gasteiger partial charge in [0.25, 0.3) is 5.91 Å². The van der Waals surface area contributed by atoms with Crippen molar-refractivity contribution in [3.05, 3.63) is 94.6 Å². The molecule has 3 aromatic carbocycles. The van der Waals surface area contributed by atoms with Crippen LogP contribution in [-0.2, 0) is 14.3 Å². The van der Waals surface area contributed by atoms with Crippen LogP contribution in [0.5, 0.6) is 11.5 Å². The van der Waals surface area contributed by atoms with E-state index >= 15 is 0 Å². The largest absolute Gasteiger partial charge is 0.497 e. The maximum absolute atomic E-state index is 12.8. The second kappa shape index (κ2) is 10.0. The second-order valence-corrected chi connectivity index (χ2v) is 7.56. The highest BCUT2D eigenvalue weighted by molar-refractivity contribution is 6.28. The first-order valence-corrected chi connectivity index (χ1v) is 10.6. The van der Waals surface area contributed by atoms with Crippen LogP contribution in [0.4, 0.5) is 5.69 Å². The molecule has 0 radical (unpaired) electrons. The number of rotatable bonds is 7. The van der Waals surface area contributed by atoms with Crippen LogP contribution in [0.1, 0.15) is 37.4 Å². The highest BCUT2D eigenvalue weighted by atomic mass is 16.5. The molecular formula is C27H21NO7. The molecule has 1 N–H and O–H groups in total. The Morgan fingerprint density at radius 2 is 1.51 bits per heavy atom. The summed E-state index contributed by atoms with van der Waals surface area (Å²) in [7, 11) is 3.03. The van der Waals surface area contributed by atoms with Gasteiger partial charge < -0.3 is 19.5 Å². The Labute approximate surface area is 201 Å². The predicted octanol–water partition coefficient (Wildman–Crippen LogP) is 3.67. The molecule has 8 heteroatoms. The van der Waals surface area contributed by atoms with Gasteiger partial charge in [0.05, 0.1) is 14.2 Å². The number of hydrogen-bond donors (Lipinski definition) is 1.